The smallest absolute Gasteiger partial charge is 0.0418 e. The summed E-state index contributed by atoms with van der Waals surface area (Å²) >= 11 is 5.64. The molecule has 4 heteroatoms. The molecule has 2 nitrogen and oxygen atoms in total. The van der Waals surface area contributed by atoms with Gasteiger partial charge >= 0.3 is 0 Å². The molecule has 0 aliphatic carbocycles. The molecule has 1 fully saturated rings. The highest BCUT2D eigenvalue weighted by atomic mass is 79.9. The zero-order chi connectivity index (χ0) is 13.1. The van der Waals surface area contributed by atoms with Crippen LogP contribution in [-0.2, 0) is 0 Å². The molecule has 1 aliphatic rings. The molecule has 0 amide bonds. The quantitative estimate of drug-likeness (QED) is 0.911. The van der Waals surface area contributed by atoms with Gasteiger partial charge in [0, 0.05) is 40.3 Å². The molecule has 100 valence electrons. The number of hydrogen-bond donors (Lipinski definition) is 1. The Kier molecular flexibility index (Phi) is 4.98. The zero-order valence-electron chi connectivity index (χ0n) is 11.2. The van der Waals surface area contributed by atoms with Crippen LogP contribution < -0.4 is 10.2 Å². The van der Waals surface area contributed by atoms with Crippen molar-refractivity contribution in [3.8, 4) is 0 Å². The fraction of sp³-hybridized carbons (Fsp3) is 0.571. The summed E-state index contributed by atoms with van der Waals surface area (Å²) in [4.78, 5) is 2.55. The third-order valence-electron chi connectivity index (χ3n) is 3.57. The normalized spacial score (nSPS) is 22.0. The van der Waals surface area contributed by atoms with Gasteiger partial charge in [-0.05, 0) is 44.7 Å². The fourth-order valence-electron chi connectivity index (χ4n) is 2.37. The highest BCUT2D eigenvalue weighted by molar-refractivity contribution is 9.10. The molecule has 1 aliphatic heterocycles. The van der Waals surface area contributed by atoms with Gasteiger partial charge in [0.2, 0.25) is 0 Å². The van der Waals surface area contributed by atoms with Gasteiger partial charge in [-0.2, -0.15) is 11.8 Å². The van der Waals surface area contributed by atoms with Gasteiger partial charge in [-0.1, -0.05) is 15.9 Å². The Hall–Kier alpha value is -0.190. The maximum atomic E-state index is 3.58. The van der Waals surface area contributed by atoms with E-state index in [1.165, 1.54) is 22.8 Å². The first-order chi connectivity index (χ1) is 8.63. The third-order valence-corrected chi connectivity index (χ3v) is 5.25. The molecular formula is C14H21BrN2S. The van der Waals surface area contributed by atoms with Gasteiger partial charge in [-0.25, -0.2) is 0 Å². The molecule has 0 bridgehead atoms. The van der Waals surface area contributed by atoms with Gasteiger partial charge in [-0.15, -0.1) is 0 Å². The number of rotatable bonds is 3. The summed E-state index contributed by atoms with van der Waals surface area (Å²) in [6, 6.07) is 7.63. The summed E-state index contributed by atoms with van der Waals surface area (Å²) in [6.07, 6.45) is 0. The van der Waals surface area contributed by atoms with Crippen molar-refractivity contribution in [3.05, 3.63) is 28.2 Å². The molecule has 1 N–H and O–H groups in total. The van der Waals surface area contributed by atoms with Crippen molar-refractivity contribution in [2.24, 2.45) is 0 Å². The average Bonchev–Trinajstić information content (AvgIpc) is 2.39. The maximum absolute atomic E-state index is 3.58. The Morgan fingerprint density at radius 1 is 1.50 bits per heavy atom. The van der Waals surface area contributed by atoms with Crippen LogP contribution in [0, 0.1) is 0 Å². The van der Waals surface area contributed by atoms with E-state index in [2.05, 4.69) is 70.0 Å². The van der Waals surface area contributed by atoms with E-state index < -0.39 is 0 Å². The minimum absolute atomic E-state index is 0.374. The van der Waals surface area contributed by atoms with Gasteiger partial charge < -0.3 is 10.2 Å². The van der Waals surface area contributed by atoms with Crippen LogP contribution in [0.3, 0.4) is 0 Å². The summed E-state index contributed by atoms with van der Waals surface area (Å²) in [6.45, 7) is 5.69. The molecule has 2 rings (SSSR count). The number of thioether (sulfide) groups is 1. The van der Waals surface area contributed by atoms with E-state index in [0.717, 1.165) is 11.0 Å². The first-order valence-corrected chi connectivity index (χ1v) is 8.39. The second-order valence-corrected chi connectivity index (χ2v) is 6.90. The van der Waals surface area contributed by atoms with Crippen molar-refractivity contribution in [2.75, 3.05) is 30.0 Å². The van der Waals surface area contributed by atoms with E-state index in [-0.39, 0.29) is 0 Å². The summed E-state index contributed by atoms with van der Waals surface area (Å²) in [5, 5.41) is 3.35. The molecule has 0 radical (unpaired) electrons. The van der Waals surface area contributed by atoms with E-state index in [0.29, 0.717) is 12.1 Å². The topological polar surface area (TPSA) is 15.3 Å². The van der Waals surface area contributed by atoms with E-state index in [1.54, 1.807) is 0 Å². The van der Waals surface area contributed by atoms with Crippen LogP contribution in [0.25, 0.3) is 0 Å². The molecule has 1 saturated heterocycles. The van der Waals surface area contributed by atoms with Crippen molar-refractivity contribution in [3.63, 3.8) is 0 Å². The largest absolute Gasteiger partial charge is 0.367 e. The van der Waals surface area contributed by atoms with Gasteiger partial charge in [0.25, 0.3) is 0 Å². The summed E-state index contributed by atoms with van der Waals surface area (Å²) in [5.74, 6) is 2.46. The minimum Gasteiger partial charge on any atom is -0.367 e. The maximum Gasteiger partial charge on any atom is 0.0418 e. The van der Waals surface area contributed by atoms with Crippen LogP contribution in [0.4, 0.5) is 5.69 Å². The molecule has 1 aromatic carbocycles. The predicted octanol–water partition coefficient (Wildman–Crippen LogP) is 3.67. The Bertz CT molecular complexity index is 411. The van der Waals surface area contributed by atoms with Crippen LogP contribution in [0.5, 0.6) is 0 Å². The van der Waals surface area contributed by atoms with Crippen LogP contribution in [0.1, 0.15) is 25.5 Å². The summed E-state index contributed by atoms with van der Waals surface area (Å²) in [5.41, 5.74) is 2.76. The molecule has 0 aromatic heterocycles. The van der Waals surface area contributed by atoms with Crippen LogP contribution >= 0.6 is 27.7 Å². The van der Waals surface area contributed by atoms with Crippen LogP contribution in [0.15, 0.2) is 22.7 Å². The molecule has 0 spiro atoms. The lowest BCUT2D eigenvalue weighted by Gasteiger charge is -2.37. The number of anilines is 1. The lowest BCUT2D eigenvalue weighted by atomic mass is 10.0. The van der Waals surface area contributed by atoms with Gasteiger partial charge in [-0.3, -0.25) is 0 Å². The molecular weight excluding hydrogens is 308 g/mol. The Labute approximate surface area is 123 Å². The molecule has 1 heterocycles. The first kappa shape index (κ1) is 14.2. The monoisotopic (exact) mass is 328 g/mol. The van der Waals surface area contributed by atoms with E-state index in [9.17, 15) is 0 Å². The summed E-state index contributed by atoms with van der Waals surface area (Å²) in [7, 11) is 2.02. The van der Waals surface area contributed by atoms with E-state index in [1.807, 2.05) is 7.05 Å². The van der Waals surface area contributed by atoms with Crippen molar-refractivity contribution in [2.45, 2.75) is 25.9 Å². The highest BCUT2D eigenvalue weighted by Gasteiger charge is 2.22. The van der Waals surface area contributed by atoms with Gasteiger partial charge in [0.1, 0.15) is 0 Å². The number of benzene rings is 1. The van der Waals surface area contributed by atoms with Crippen LogP contribution in [-0.4, -0.2) is 31.1 Å². The fourth-order valence-corrected chi connectivity index (χ4v) is 3.77. The Morgan fingerprint density at radius 3 is 2.94 bits per heavy atom. The minimum atomic E-state index is 0.374. The van der Waals surface area contributed by atoms with Crippen LogP contribution in [0.2, 0.25) is 0 Å². The lowest BCUT2D eigenvalue weighted by Crippen LogP contribution is -2.41. The highest BCUT2D eigenvalue weighted by Crippen LogP contribution is 2.32. The summed E-state index contributed by atoms with van der Waals surface area (Å²) < 4.78 is 1.15. The molecule has 0 saturated carbocycles. The van der Waals surface area contributed by atoms with Crippen molar-refractivity contribution in [1.29, 1.82) is 0 Å². The molecule has 1 aromatic rings. The second kappa shape index (κ2) is 6.31. The third kappa shape index (κ3) is 3.03. The van der Waals surface area contributed by atoms with Gasteiger partial charge in [0.15, 0.2) is 0 Å². The lowest BCUT2D eigenvalue weighted by molar-refractivity contribution is 0.636. The molecule has 18 heavy (non-hydrogen) atoms. The zero-order valence-corrected chi connectivity index (χ0v) is 13.6. The van der Waals surface area contributed by atoms with Crippen molar-refractivity contribution >= 4 is 33.4 Å². The Balaban J connectivity index is 2.36. The van der Waals surface area contributed by atoms with Gasteiger partial charge in [0.05, 0.1) is 0 Å². The SMILES string of the molecule is CNC(C)c1cc(Br)ccc1N1CCSCC1C. The number of nitrogens with one attached hydrogen (secondary N) is 1. The first-order valence-electron chi connectivity index (χ1n) is 6.44. The van der Waals surface area contributed by atoms with E-state index in [4.69, 9.17) is 0 Å². The molecule has 2 unspecified atom stereocenters. The number of halogens is 1. The van der Waals surface area contributed by atoms with Crippen molar-refractivity contribution in [1.82, 2.24) is 5.32 Å². The standard InChI is InChI=1S/C14H21BrN2S/c1-10-9-18-7-6-17(10)14-5-4-12(15)8-13(14)11(2)16-3/h4-5,8,10-11,16H,6-7,9H2,1-3H3. The Morgan fingerprint density at radius 2 is 2.28 bits per heavy atom. The molecule has 2 atom stereocenters. The number of hydrogen-bond acceptors (Lipinski definition) is 3. The predicted molar refractivity (Wildman–Crippen MR) is 85.7 cm³/mol. The van der Waals surface area contributed by atoms with Crippen molar-refractivity contribution < 1.29 is 0 Å². The average molecular weight is 329 g/mol. The van der Waals surface area contributed by atoms with E-state index >= 15 is 0 Å². The number of nitrogens with zero attached hydrogens (tertiary/aromatic N) is 1. The second-order valence-electron chi connectivity index (χ2n) is 4.83.